The zero-order valence-electron chi connectivity index (χ0n) is 14.3. The van der Waals surface area contributed by atoms with Gasteiger partial charge in [-0.3, -0.25) is 0 Å². The van der Waals surface area contributed by atoms with Crippen molar-refractivity contribution in [2.24, 2.45) is 0 Å². The summed E-state index contributed by atoms with van der Waals surface area (Å²) in [5, 5.41) is 1.91. The van der Waals surface area contributed by atoms with Crippen molar-refractivity contribution in [1.82, 2.24) is 9.97 Å². The molecule has 0 atom stereocenters. The third kappa shape index (κ3) is 3.29. The van der Waals surface area contributed by atoms with E-state index in [2.05, 4.69) is 9.97 Å². The van der Waals surface area contributed by atoms with E-state index in [1.807, 2.05) is 36.4 Å². The summed E-state index contributed by atoms with van der Waals surface area (Å²) in [5.74, 6) is 0.576. The SMILES string of the molecule is COc1cc2[nH]c(=O)nc(-c3ccccc3)c2cc1-c1cc(Cl)ccc1Cl. The van der Waals surface area contributed by atoms with Gasteiger partial charge < -0.3 is 9.72 Å². The summed E-state index contributed by atoms with van der Waals surface area (Å²) < 4.78 is 5.54. The highest BCUT2D eigenvalue weighted by atomic mass is 35.5. The summed E-state index contributed by atoms with van der Waals surface area (Å²) in [7, 11) is 1.57. The van der Waals surface area contributed by atoms with Crippen molar-refractivity contribution in [3.05, 3.63) is 81.2 Å². The summed E-state index contributed by atoms with van der Waals surface area (Å²) in [6.07, 6.45) is 0. The Morgan fingerprint density at radius 2 is 1.74 bits per heavy atom. The van der Waals surface area contributed by atoms with Crippen LogP contribution in [0, 0.1) is 0 Å². The fraction of sp³-hybridized carbons (Fsp3) is 0.0476. The summed E-state index contributed by atoms with van der Waals surface area (Å²) >= 11 is 12.6. The average Bonchev–Trinajstić information content (AvgIpc) is 2.69. The zero-order valence-corrected chi connectivity index (χ0v) is 15.8. The average molecular weight is 397 g/mol. The third-order valence-corrected chi connectivity index (χ3v) is 4.88. The number of fused-ring (bicyclic) bond motifs is 1. The second-order valence-electron chi connectivity index (χ2n) is 5.98. The number of aromatic amines is 1. The number of methoxy groups -OCH3 is 1. The Labute approximate surface area is 165 Å². The van der Waals surface area contributed by atoms with Crippen LogP contribution >= 0.6 is 23.2 Å². The summed E-state index contributed by atoms with van der Waals surface area (Å²) in [4.78, 5) is 19.0. The molecule has 0 saturated heterocycles. The van der Waals surface area contributed by atoms with Gasteiger partial charge in [0.2, 0.25) is 0 Å². The van der Waals surface area contributed by atoms with Gasteiger partial charge in [-0.05, 0) is 24.3 Å². The van der Waals surface area contributed by atoms with Crippen molar-refractivity contribution in [2.75, 3.05) is 7.11 Å². The van der Waals surface area contributed by atoms with Crippen LogP contribution in [0.25, 0.3) is 33.3 Å². The van der Waals surface area contributed by atoms with Crippen LogP contribution in [0.3, 0.4) is 0 Å². The minimum absolute atomic E-state index is 0.419. The van der Waals surface area contributed by atoms with Crippen LogP contribution in [0.4, 0.5) is 0 Å². The highest BCUT2D eigenvalue weighted by molar-refractivity contribution is 6.35. The minimum atomic E-state index is -0.419. The smallest absolute Gasteiger partial charge is 0.345 e. The molecule has 134 valence electrons. The number of rotatable bonds is 3. The van der Waals surface area contributed by atoms with Crippen molar-refractivity contribution in [3.63, 3.8) is 0 Å². The molecule has 0 spiro atoms. The predicted octanol–water partition coefficient (Wildman–Crippen LogP) is 5.57. The fourth-order valence-corrected chi connectivity index (χ4v) is 3.47. The quantitative estimate of drug-likeness (QED) is 0.492. The molecule has 1 heterocycles. The van der Waals surface area contributed by atoms with Crippen molar-refractivity contribution >= 4 is 34.1 Å². The predicted molar refractivity (Wildman–Crippen MR) is 110 cm³/mol. The van der Waals surface area contributed by atoms with Gasteiger partial charge in [0.05, 0.1) is 18.3 Å². The molecule has 0 unspecified atom stereocenters. The fourth-order valence-electron chi connectivity index (χ4n) is 3.08. The molecule has 1 aromatic heterocycles. The minimum Gasteiger partial charge on any atom is -0.496 e. The maximum Gasteiger partial charge on any atom is 0.345 e. The van der Waals surface area contributed by atoms with Crippen LogP contribution in [0.5, 0.6) is 5.75 Å². The number of hydrogen-bond donors (Lipinski definition) is 1. The van der Waals surface area contributed by atoms with Gasteiger partial charge in [-0.25, -0.2) is 4.79 Å². The van der Waals surface area contributed by atoms with Gasteiger partial charge in [0, 0.05) is 38.2 Å². The number of H-pyrrole nitrogens is 1. The second-order valence-corrected chi connectivity index (χ2v) is 6.82. The Morgan fingerprint density at radius 1 is 0.963 bits per heavy atom. The molecule has 4 rings (SSSR count). The van der Waals surface area contributed by atoms with E-state index in [4.69, 9.17) is 27.9 Å². The summed E-state index contributed by atoms with van der Waals surface area (Å²) in [6.45, 7) is 0. The number of nitrogens with one attached hydrogen (secondary N) is 1. The number of ether oxygens (including phenoxy) is 1. The molecule has 3 aromatic carbocycles. The zero-order chi connectivity index (χ0) is 19.0. The van der Waals surface area contributed by atoms with Crippen molar-refractivity contribution < 1.29 is 4.74 Å². The molecule has 0 saturated carbocycles. The van der Waals surface area contributed by atoms with E-state index >= 15 is 0 Å². The van der Waals surface area contributed by atoms with Crippen LogP contribution in [-0.2, 0) is 0 Å². The first-order valence-electron chi connectivity index (χ1n) is 8.20. The van der Waals surface area contributed by atoms with E-state index in [9.17, 15) is 4.79 Å². The van der Waals surface area contributed by atoms with Gasteiger partial charge >= 0.3 is 5.69 Å². The standard InChI is InChI=1S/C21H14Cl2N2O2/c1-27-19-11-18-16(10-15(19)14-9-13(22)7-8-17(14)23)20(25-21(26)24-18)12-5-3-2-4-6-12/h2-11H,1H3,(H,24,25,26). The summed E-state index contributed by atoms with van der Waals surface area (Å²) in [6, 6.07) is 18.5. The van der Waals surface area contributed by atoms with Gasteiger partial charge in [-0.1, -0.05) is 53.5 Å². The van der Waals surface area contributed by atoms with Crippen molar-refractivity contribution in [2.45, 2.75) is 0 Å². The van der Waals surface area contributed by atoms with Crippen molar-refractivity contribution in [3.8, 4) is 28.1 Å². The van der Waals surface area contributed by atoms with Crippen LogP contribution in [0.1, 0.15) is 0 Å². The van der Waals surface area contributed by atoms with Gasteiger partial charge in [0.15, 0.2) is 0 Å². The molecule has 6 heteroatoms. The first kappa shape index (κ1) is 17.6. The molecular formula is C21H14Cl2N2O2. The van der Waals surface area contributed by atoms with E-state index < -0.39 is 5.69 Å². The lowest BCUT2D eigenvalue weighted by atomic mass is 9.99. The molecular weight excluding hydrogens is 383 g/mol. The first-order chi connectivity index (χ1) is 13.1. The Bertz CT molecular complexity index is 1200. The number of benzene rings is 3. The monoisotopic (exact) mass is 396 g/mol. The Kier molecular flexibility index (Phi) is 4.60. The molecule has 0 aliphatic heterocycles. The van der Waals surface area contributed by atoms with Gasteiger partial charge in [0.1, 0.15) is 5.75 Å². The highest BCUT2D eigenvalue weighted by Crippen LogP contribution is 2.40. The molecule has 0 fully saturated rings. The van der Waals surface area contributed by atoms with Gasteiger partial charge in [-0.15, -0.1) is 0 Å². The molecule has 0 aliphatic rings. The molecule has 0 amide bonds. The van der Waals surface area contributed by atoms with Crippen LogP contribution < -0.4 is 10.4 Å². The molecule has 1 N–H and O–H groups in total. The first-order valence-corrected chi connectivity index (χ1v) is 8.95. The molecule has 4 nitrogen and oxygen atoms in total. The van der Waals surface area contributed by atoms with E-state index in [1.54, 1.807) is 31.4 Å². The van der Waals surface area contributed by atoms with Gasteiger partial charge in [0.25, 0.3) is 0 Å². The van der Waals surface area contributed by atoms with E-state index in [0.717, 1.165) is 22.1 Å². The van der Waals surface area contributed by atoms with Crippen molar-refractivity contribution in [1.29, 1.82) is 0 Å². The lowest BCUT2D eigenvalue weighted by molar-refractivity contribution is 0.417. The molecule has 4 aromatic rings. The molecule has 0 aliphatic carbocycles. The Hall–Kier alpha value is -2.82. The number of hydrogen-bond acceptors (Lipinski definition) is 3. The summed E-state index contributed by atoms with van der Waals surface area (Å²) in [5.41, 5.74) is 3.17. The normalized spacial score (nSPS) is 10.9. The lowest BCUT2D eigenvalue weighted by Crippen LogP contribution is -2.11. The highest BCUT2D eigenvalue weighted by Gasteiger charge is 2.16. The third-order valence-electron chi connectivity index (χ3n) is 4.32. The van der Waals surface area contributed by atoms with Crippen LogP contribution in [0.2, 0.25) is 10.0 Å². The molecule has 27 heavy (non-hydrogen) atoms. The van der Waals surface area contributed by atoms with Gasteiger partial charge in [-0.2, -0.15) is 4.98 Å². The van der Waals surface area contributed by atoms with E-state index in [0.29, 0.717) is 27.0 Å². The topological polar surface area (TPSA) is 55.0 Å². The maximum atomic E-state index is 12.1. The number of halogens is 2. The molecule has 0 bridgehead atoms. The second kappa shape index (κ2) is 7.06. The largest absolute Gasteiger partial charge is 0.496 e. The Morgan fingerprint density at radius 3 is 2.48 bits per heavy atom. The van der Waals surface area contributed by atoms with Crippen LogP contribution in [0.15, 0.2) is 65.5 Å². The maximum absolute atomic E-state index is 12.1. The number of nitrogens with zero attached hydrogens (tertiary/aromatic N) is 1. The van der Waals surface area contributed by atoms with E-state index in [-0.39, 0.29) is 0 Å². The van der Waals surface area contributed by atoms with Crippen LogP contribution in [-0.4, -0.2) is 17.1 Å². The number of aromatic nitrogens is 2. The Balaban J connectivity index is 2.08. The molecule has 0 radical (unpaired) electrons. The lowest BCUT2D eigenvalue weighted by Gasteiger charge is -2.14. The van der Waals surface area contributed by atoms with E-state index in [1.165, 1.54) is 0 Å².